The number of hydrogen-bond donors (Lipinski definition) is 0. The van der Waals surface area contributed by atoms with E-state index in [1.54, 1.807) is 18.6 Å². The van der Waals surface area contributed by atoms with Gasteiger partial charge >= 0.3 is 15.1 Å². The van der Waals surface area contributed by atoms with E-state index in [2.05, 4.69) is 147 Å². The van der Waals surface area contributed by atoms with Gasteiger partial charge in [-0.2, -0.15) is 0 Å². The van der Waals surface area contributed by atoms with Crippen molar-refractivity contribution in [2.24, 2.45) is 0 Å². The minimum Gasteiger partial charge on any atom is -0.576 e. The highest BCUT2D eigenvalue weighted by atomic mass is 27.3. The van der Waals surface area contributed by atoms with E-state index in [0.717, 1.165) is 77.9 Å². The molecule has 0 fully saturated rings. The number of pyridine rings is 3. The van der Waals surface area contributed by atoms with Crippen molar-refractivity contribution >= 4 is 69.7 Å². The minimum absolute atomic E-state index is 0.608. The van der Waals surface area contributed by atoms with Gasteiger partial charge in [0.05, 0.1) is 22.4 Å². The number of rotatable bonds is 11. The van der Waals surface area contributed by atoms with Crippen molar-refractivity contribution < 1.29 is 11.4 Å². The fourth-order valence-electron chi connectivity index (χ4n) is 9.80. The van der Waals surface area contributed by atoms with Gasteiger partial charge in [0.2, 0.25) is 0 Å². The Morgan fingerprint density at radius 3 is 1.16 bits per heavy atom. The Bertz CT molecular complexity index is 4070. The predicted molar refractivity (Wildman–Crippen MR) is 311 cm³/mol. The first-order valence-corrected chi connectivity index (χ1v) is 26.8. The molecule has 0 unspecified atom stereocenters. The van der Waals surface area contributed by atoms with Crippen LogP contribution in [0.2, 0.25) is 0 Å². The third-order valence-corrected chi connectivity index (χ3v) is 14.8. The molecule has 14 rings (SSSR count). The maximum atomic E-state index is 6.41. The molecular weight excluding hydrogens is 964 g/mol. The van der Waals surface area contributed by atoms with Crippen molar-refractivity contribution in [3.8, 4) is 68.0 Å². The lowest BCUT2D eigenvalue weighted by Gasteiger charge is -2.18. The zero-order chi connectivity index (χ0) is 51.3. The quantitative estimate of drug-likeness (QED) is 0.118. The van der Waals surface area contributed by atoms with E-state index < -0.39 is 15.1 Å². The lowest BCUT2D eigenvalue weighted by molar-refractivity contribution is 0.311. The van der Waals surface area contributed by atoms with E-state index >= 15 is 0 Å². The second kappa shape index (κ2) is 21.1. The zero-order valence-electron chi connectivity index (χ0n) is 41.5. The van der Waals surface area contributed by atoms with Crippen LogP contribution in [0.15, 0.2) is 273 Å². The van der Waals surface area contributed by atoms with Crippen LogP contribution < -0.4 is 11.4 Å². The van der Waals surface area contributed by atoms with Crippen LogP contribution in [0.25, 0.3) is 105 Å². The molecule has 0 saturated carbocycles. The van der Waals surface area contributed by atoms with Crippen molar-refractivity contribution in [2.75, 3.05) is 0 Å². The third kappa shape index (κ3) is 9.70. The summed E-state index contributed by atoms with van der Waals surface area (Å²) in [6.45, 7) is 0. The van der Waals surface area contributed by atoms with Crippen molar-refractivity contribution in [3.63, 3.8) is 0 Å². The molecule has 0 aliphatic rings. The fourth-order valence-corrected chi connectivity index (χ4v) is 11.1. The Balaban J connectivity index is 0.000000151. The molecule has 364 valence electrons. The molecule has 5 aromatic heterocycles. The Morgan fingerprint density at radius 1 is 0.312 bits per heavy atom. The van der Waals surface area contributed by atoms with Crippen LogP contribution in [0.3, 0.4) is 0 Å². The van der Waals surface area contributed by atoms with Gasteiger partial charge in [0.25, 0.3) is 0 Å². The van der Waals surface area contributed by atoms with Crippen LogP contribution in [-0.4, -0.2) is 44.6 Å². The first-order chi connectivity index (χ1) is 38.2. The van der Waals surface area contributed by atoms with Gasteiger partial charge in [-0.25, -0.2) is 9.97 Å². The van der Waals surface area contributed by atoms with Gasteiger partial charge in [-0.05, 0) is 77.9 Å². The van der Waals surface area contributed by atoms with E-state index in [-0.39, 0.29) is 0 Å². The van der Waals surface area contributed by atoms with Gasteiger partial charge in [0.15, 0.2) is 5.82 Å². The number of nitrogens with zero attached hydrogens (tertiary/aromatic N) is 6. The molecule has 14 aromatic rings. The molecule has 0 radical (unpaired) electrons. The highest BCUT2D eigenvalue weighted by Gasteiger charge is 2.46. The van der Waals surface area contributed by atoms with Crippen LogP contribution in [0.1, 0.15) is 0 Å². The Kier molecular flexibility index (Phi) is 12.8. The standard InChI is InChI=1S/C40H27N3.3C9H7NO.Al/c1-3-11-30(12-4-1)36-27-37(42-40(41-36)32-13-5-2-6-14-32)31-21-19-28(20-22-31)29-23-25-33(26-24-29)43-38-17-9-7-15-34(38)35-16-8-10-18-39(35)43;3*11-8-5-1-3-7-4-2-6-10-9(7)8;/h1-27H;3*1-6,11H;/q;;;;+3/p-3. The highest BCUT2D eigenvalue weighted by molar-refractivity contribution is 6.40. The number of benzene rings is 9. The molecular formula is C67H45AlN6O3. The summed E-state index contributed by atoms with van der Waals surface area (Å²) >= 11 is -2.86. The van der Waals surface area contributed by atoms with E-state index in [9.17, 15) is 0 Å². The summed E-state index contributed by atoms with van der Waals surface area (Å²) < 4.78 is 21.6. The van der Waals surface area contributed by atoms with Crippen molar-refractivity contribution in [3.05, 3.63) is 273 Å². The molecule has 0 atom stereocenters. The van der Waals surface area contributed by atoms with Crippen LogP contribution >= 0.6 is 0 Å². The molecule has 0 aliphatic carbocycles. The molecule has 9 nitrogen and oxygen atoms in total. The monoisotopic (exact) mass is 1010 g/mol. The predicted octanol–water partition coefficient (Wildman–Crippen LogP) is 16.1. The third-order valence-electron chi connectivity index (χ3n) is 13.5. The summed E-state index contributed by atoms with van der Waals surface area (Å²) in [5.41, 5.74) is 13.1. The summed E-state index contributed by atoms with van der Waals surface area (Å²) in [5.74, 6) is 2.55. The van der Waals surface area contributed by atoms with E-state index in [1.165, 1.54) is 27.4 Å². The molecule has 77 heavy (non-hydrogen) atoms. The van der Waals surface area contributed by atoms with Crippen molar-refractivity contribution in [1.82, 2.24) is 29.5 Å². The SMILES string of the molecule is c1ccc(-c2cc(-c3ccc(-c4ccc(-n5c6ccccc6c6ccccc65)cc4)cc3)nc(-c3ccccc3)n2)cc1.c1cnc2c([O][Al]([O]c3cccc4cccnc34)[O]c3cccc4cccnc34)cccc2c1. The molecule has 9 aromatic carbocycles. The second-order valence-electron chi connectivity index (χ2n) is 18.3. The van der Waals surface area contributed by atoms with E-state index in [0.29, 0.717) is 17.2 Å². The summed E-state index contributed by atoms with van der Waals surface area (Å²) in [7, 11) is 0. The van der Waals surface area contributed by atoms with E-state index in [1.807, 2.05) is 127 Å². The number of hydrogen-bond acceptors (Lipinski definition) is 8. The Hall–Kier alpha value is -9.98. The maximum Gasteiger partial charge on any atom is 1.20 e. The number of para-hydroxylation sites is 5. The van der Waals surface area contributed by atoms with Gasteiger partial charge in [-0.1, -0.05) is 188 Å². The molecule has 0 N–H and O–H groups in total. The molecule has 10 heteroatoms. The maximum absolute atomic E-state index is 6.41. The first kappa shape index (κ1) is 46.8. The minimum atomic E-state index is -2.86. The van der Waals surface area contributed by atoms with Crippen LogP contribution in [0.4, 0.5) is 0 Å². The van der Waals surface area contributed by atoms with Crippen molar-refractivity contribution in [2.45, 2.75) is 0 Å². The average molecular weight is 1010 g/mol. The molecule has 0 saturated heterocycles. The van der Waals surface area contributed by atoms with Gasteiger partial charge in [0, 0.05) is 67.9 Å². The summed E-state index contributed by atoms with van der Waals surface area (Å²) in [6.07, 6.45) is 5.24. The lowest BCUT2D eigenvalue weighted by Crippen LogP contribution is -2.37. The number of aromatic nitrogens is 6. The molecule has 5 heterocycles. The van der Waals surface area contributed by atoms with Gasteiger partial charge in [-0.15, -0.1) is 0 Å². The average Bonchev–Trinajstić information content (AvgIpc) is 3.91. The molecule has 0 amide bonds. The topological polar surface area (TPSA) is 97.1 Å². The molecule has 0 bridgehead atoms. The van der Waals surface area contributed by atoms with Crippen molar-refractivity contribution in [1.29, 1.82) is 0 Å². The van der Waals surface area contributed by atoms with Crippen LogP contribution in [-0.2, 0) is 0 Å². The van der Waals surface area contributed by atoms with Gasteiger partial charge in [0.1, 0.15) is 33.8 Å². The Morgan fingerprint density at radius 2 is 0.688 bits per heavy atom. The normalized spacial score (nSPS) is 11.1. The summed E-state index contributed by atoms with van der Waals surface area (Å²) in [4.78, 5) is 23.4. The van der Waals surface area contributed by atoms with Gasteiger partial charge < -0.3 is 15.9 Å². The highest BCUT2D eigenvalue weighted by Crippen LogP contribution is 2.35. The van der Waals surface area contributed by atoms with Crippen LogP contribution in [0.5, 0.6) is 17.2 Å². The van der Waals surface area contributed by atoms with E-state index in [4.69, 9.17) is 21.3 Å². The fraction of sp³-hybridized carbons (Fsp3) is 0. The largest absolute Gasteiger partial charge is 1.20 e. The molecule has 0 aliphatic heterocycles. The lowest BCUT2D eigenvalue weighted by atomic mass is 10.0. The summed E-state index contributed by atoms with van der Waals surface area (Å²) in [5, 5.41) is 5.48. The summed E-state index contributed by atoms with van der Waals surface area (Å²) in [6, 6.07) is 86.4. The zero-order valence-corrected chi connectivity index (χ0v) is 42.6. The second-order valence-corrected chi connectivity index (χ2v) is 19.6. The Labute approximate surface area is 449 Å². The van der Waals surface area contributed by atoms with Crippen LogP contribution in [0, 0.1) is 0 Å². The smallest absolute Gasteiger partial charge is 0.576 e. The van der Waals surface area contributed by atoms with Gasteiger partial charge in [-0.3, -0.25) is 15.0 Å². The number of fused-ring (bicyclic) bond motifs is 6. The molecule has 0 spiro atoms. The first-order valence-electron chi connectivity index (χ1n) is 25.4.